The lowest BCUT2D eigenvalue weighted by atomic mass is 9.85. The van der Waals surface area contributed by atoms with Crippen LogP contribution in [0, 0.1) is 17.2 Å². The molecule has 294 valence electrons. The summed E-state index contributed by atoms with van der Waals surface area (Å²) in [6, 6.07) is 2.49. The second kappa shape index (κ2) is 24.2. The van der Waals surface area contributed by atoms with Crippen LogP contribution in [0.3, 0.4) is 0 Å². The van der Waals surface area contributed by atoms with Gasteiger partial charge in [-0.2, -0.15) is 5.26 Å². The fraction of sp³-hybridized carbons (Fsp3) is 0.605. The Balaban J connectivity index is 0.00000313. The van der Waals surface area contributed by atoms with Crippen molar-refractivity contribution in [1.82, 2.24) is 14.8 Å². The van der Waals surface area contributed by atoms with Crippen molar-refractivity contribution in [1.29, 1.82) is 5.26 Å². The van der Waals surface area contributed by atoms with Gasteiger partial charge in [-0.15, -0.1) is 11.3 Å². The number of nitrogen functional groups attached to an aromatic ring is 1. The van der Waals surface area contributed by atoms with Gasteiger partial charge in [-0.3, -0.25) is 19.7 Å². The van der Waals surface area contributed by atoms with E-state index in [2.05, 4.69) is 55.3 Å². The highest BCUT2D eigenvalue weighted by molar-refractivity contribution is 7.16. The van der Waals surface area contributed by atoms with Crippen molar-refractivity contribution in [2.45, 2.75) is 91.5 Å². The molecular formula is C38H62N10O4S. The summed E-state index contributed by atoms with van der Waals surface area (Å²) < 4.78 is 11.6. The number of aliphatic imine (C=N–C) groups is 3. The normalized spacial score (nSPS) is 18.6. The number of hydrogen-bond donors (Lipinski definition) is 4. The molecule has 0 bridgehead atoms. The van der Waals surface area contributed by atoms with Crippen molar-refractivity contribution in [3.05, 3.63) is 51.1 Å². The van der Waals surface area contributed by atoms with Crippen LogP contribution < -0.4 is 17.3 Å². The van der Waals surface area contributed by atoms with Crippen LogP contribution in [-0.4, -0.2) is 104 Å². The number of hydrazine groups is 1. The largest absolute Gasteiger partial charge is 0.484 e. The molecule has 1 saturated heterocycles. The summed E-state index contributed by atoms with van der Waals surface area (Å²) in [5, 5.41) is 18.9. The molecule has 1 aromatic rings. The highest BCUT2D eigenvalue weighted by atomic mass is 32.1. The first-order valence-electron chi connectivity index (χ1n) is 18.4. The predicted octanol–water partition coefficient (Wildman–Crippen LogP) is 5.45. The number of unbranched alkanes of at least 4 members (excludes halogenated alkanes) is 1. The third-order valence-corrected chi connectivity index (χ3v) is 10.7. The van der Waals surface area contributed by atoms with E-state index in [0.717, 1.165) is 99.4 Å². The van der Waals surface area contributed by atoms with Crippen molar-refractivity contribution in [2.75, 3.05) is 58.8 Å². The van der Waals surface area contributed by atoms with Gasteiger partial charge in [0.15, 0.2) is 5.90 Å². The van der Waals surface area contributed by atoms with Gasteiger partial charge in [0, 0.05) is 36.8 Å². The van der Waals surface area contributed by atoms with E-state index in [4.69, 9.17) is 46.7 Å². The van der Waals surface area contributed by atoms with E-state index in [1.54, 1.807) is 24.5 Å². The Morgan fingerprint density at radius 2 is 1.91 bits per heavy atom. The molecule has 1 fully saturated rings. The molecule has 2 atom stereocenters. The molecule has 2 aliphatic rings. The Labute approximate surface area is 320 Å². The molecule has 3 rings (SSSR count). The Hall–Kier alpha value is -4.23. The average Bonchev–Trinajstić information content (AvgIpc) is 3.31. The third kappa shape index (κ3) is 14.3. The fourth-order valence-corrected chi connectivity index (χ4v) is 7.23. The number of allylic oxidation sites excluding steroid dienone is 2. The van der Waals surface area contributed by atoms with Crippen molar-refractivity contribution < 1.29 is 19.4 Å². The smallest absolute Gasteiger partial charge is 0.290 e. The number of nitrogens with two attached hydrogens (primary N) is 3. The molecule has 1 aliphatic heterocycles. The zero-order valence-electron chi connectivity index (χ0n) is 32.6. The summed E-state index contributed by atoms with van der Waals surface area (Å²) in [6.45, 7) is 20.3. The molecule has 2 unspecified atom stereocenters. The second-order valence-corrected chi connectivity index (χ2v) is 14.6. The van der Waals surface area contributed by atoms with Gasteiger partial charge < -0.3 is 36.0 Å². The van der Waals surface area contributed by atoms with E-state index in [9.17, 15) is 5.26 Å². The minimum Gasteiger partial charge on any atom is -0.484 e. The number of carboxylic acid groups (broad SMARTS) is 1. The summed E-state index contributed by atoms with van der Waals surface area (Å²) >= 11 is 1.50. The van der Waals surface area contributed by atoms with Crippen molar-refractivity contribution in [3.63, 3.8) is 0 Å². The van der Waals surface area contributed by atoms with Crippen LogP contribution in [0.15, 0.2) is 50.1 Å². The summed E-state index contributed by atoms with van der Waals surface area (Å²) in [4.78, 5) is 28.5. The van der Waals surface area contributed by atoms with Gasteiger partial charge >= 0.3 is 0 Å². The maximum absolute atomic E-state index is 9.84. The molecule has 14 nitrogen and oxygen atoms in total. The Morgan fingerprint density at radius 3 is 2.55 bits per heavy atom. The number of rotatable bonds is 17. The van der Waals surface area contributed by atoms with E-state index < -0.39 is 0 Å². The first-order chi connectivity index (χ1) is 25.4. The predicted molar refractivity (Wildman–Crippen MR) is 217 cm³/mol. The fourth-order valence-electron chi connectivity index (χ4n) is 6.11. The van der Waals surface area contributed by atoms with E-state index in [1.807, 2.05) is 13.0 Å². The SMILES string of the molecule is C=N/C(=C\C=N/CN1CCCN(CCCCO/C(N)=C/N(N)C(C)C(C)C)CC1)C(N=C(OC)C1CCCc2sc(N)c(C#N)c21)=C(C)CC.O=CO. The molecule has 0 saturated carbocycles. The number of methoxy groups -OCH3 is 1. The van der Waals surface area contributed by atoms with Gasteiger partial charge in [-0.1, -0.05) is 20.8 Å². The summed E-state index contributed by atoms with van der Waals surface area (Å²) in [6.07, 6.45) is 12.0. The van der Waals surface area contributed by atoms with Crippen LogP contribution in [-0.2, 0) is 20.7 Å². The van der Waals surface area contributed by atoms with Gasteiger partial charge in [0.25, 0.3) is 6.47 Å². The molecule has 7 N–H and O–H groups in total. The highest BCUT2D eigenvalue weighted by Gasteiger charge is 2.32. The van der Waals surface area contributed by atoms with Crippen LogP contribution in [0.2, 0.25) is 0 Å². The third-order valence-electron chi connectivity index (χ3n) is 9.63. The van der Waals surface area contributed by atoms with E-state index in [-0.39, 0.29) is 18.4 Å². The second-order valence-electron chi connectivity index (χ2n) is 13.5. The first kappa shape index (κ1) is 44.9. The lowest BCUT2D eigenvalue weighted by Gasteiger charge is -2.26. The minimum absolute atomic E-state index is 0.135. The zero-order chi connectivity index (χ0) is 39.3. The first-order valence-corrected chi connectivity index (χ1v) is 19.2. The van der Waals surface area contributed by atoms with Crippen LogP contribution in [0.4, 0.5) is 5.00 Å². The monoisotopic (exact) mass is 754 g/mol. The molecule has 1 aromatic heterocycles. The molecule has 0 aromatic carbocycles. The number of anilines is 1. The summed E-state index contributed by atoms with van der Waals surface area (Å²) in [5.41, 5.74) is 16.2. The zero-order valence-corrected chi connectivity index (χ0v) is 33.4. The minimum atomic E-state index is -0.250. The average molecular weight is 755 g/mol. The van der Waals surface area contributed by atoms with E-state index in [1.165, 1.54) is 11.3 Å². The number of hydrogen-bond acceptors (Lipinski definition) is 14. The molecular weight excluding hydrogens is 693 g/mol. The van der Waals surface area contributed by atoms with Crippen molar-refractivity contribution >= 4 is 41.6 Å². The maximum atomic E-state index is 9.84. The Kier molecular flexibility index (Phi) is 20.5. The standard InChI is InChI=1S/C37H60N10O2S.CH2O2/c1-8-27(4)35(44-37(48-7)29-13-11-14-32-34(29)30(23-38)36(40)50-32)31(42-6)15-16-43-25-46-19-12-18-45(20-21-46)17-9-10-22-49-33(39)24-47(41)28(5)26(2)3;2-1-3/h15-16,24,26,28-29H,6,8-14,17-22,25,39-41H2,1-5,7H3;1H,(H,2,3)/b31-15-,33-24+,35-27?,43-16-,44-37?;. The number of thiophene rings is 1. The number of ether oxygens (including phenoxy) is 2. The van der Waals surface area contributed by atoms with E-state index >= 15 is 0 Å². The molecule has 2 heterocycles. The van der Waals surface area contributed by atoms with Crippen molar-refractivity contribution in [3.8, 4) is 6.07 Å². The number of fused-ring (bicyclic) bond motifs is 1. The summed E-state index contributed by atoms with van der Waals surface area (Å²) in [7, 11) is 1.64. The van der Waals surface area contributed by atoms with Gasteiger partial charge in [-0.05, 0) is 102 Å². The number of nitriles is 1. The number of nitrogens with zero attached hydrogens (tertiary/aromatic N) is 7. The number of aryl methyl sites for hydroxylation is 1. The lowest BCUT2D eigenvalue weighted by Crippen LogP contribution is -2.38. The van der Waals surface area contributed by atoms with Gasteiger partial charge in [0.1, 0.15) is 11.1 Å². The van der Waals surface area contributed by atoms with Crippen LogP contribution in [0.25, 0.3) is 0 Å². The van der Waals surface area contributed by atoms with Crippen LogP contribution >= 0.6 is 11.3 Å². The molecule has 0 radical (unpaired) electrons. The van der Waals surface area contributed by atoms with Gasteiger partial charge in [0.2, 0.25) is 5.88 Å². The quantitative estimate of drug-likeness (QED) is 0.0230. The Morgan fingerprint density at radius 1 is 1.21 bits per heavy atom. The molecule has 15 heteroatoms. The Bertz CT molecular complexity index is 1510. The van der Waals surface area contributed by atoms with Crippen LogP contribution in [0.1, 0.15) is 95.1 Å². The highest BCUT2D eigenvalue weighted by Crippen LogP contribution is 2.43. The van der Waals surface area contributed by atoms with Gasteiger partial charge in [0.05, 0.1) is 49.5 Å². The van der Waals surface area contributed by atoms with Crippen molar-refractivity contribution in [2.24, 2.45) is 32.5 Å². The number of carbonyl (C=O) groups is 1. The maximum Gasteiger partial charge on any atom is 0.290 e. The van der Waals surface area contributed by atoms with Gasteiger partial charge in [-0.25, -0.2) is 10.8 Å². The molecule has 0 spiro atoms. The van der Waals surface area contributed by atoms with E-state index in [0.29, 0.717) is 47.2 Å². The molecule has 0 amide bonds. The topological polar surface area (TPSA) is 204 Å². The lowest BCUT2D eigenvalue weighted by molar-refractivity contribution is -0.122. The van der Waals surface area contributed by atoms with Crippen LogP contribution in [0.5, 0.6) is 0 Å². The summed E-state index contributed by atoms with van der Waals surface area (Å²) in [5.74, 6) is 7.28. The molecule has 1 aliphatic carbocycles. The molecule has 53 heavy (non-hydrogen) atoms.